The molecule has 0 bridgehead atoms. The van der Waals surface area contributed by atoms with E-state index in [1.807, 2.05) is 11.8 Å². The molecule has 1 fully saturated rings. The number of aryl methyl sites for hydroxylation is 1. The number of nitrogens with zero attached hydrogens (tertiary/aromatic N) is 4. The van der Waals surface area contributed by atoms with Gasteiger partial charge in [0, 0.05) is 39.2 Å². The maximum Gasteiger partial charge on any atom is 0.219 e. The molecule has 1 aliphatic rings. The average molecular weight is 269 g/mol. The Morgan fingerprint density at radius 3 is 2.72 bits per heavy atom. The van der Waals surface area contributed by atoms with Crippen LogP contribution in [0.25, 0.3) is 0 Å². The SMILES string of the molecule is CC(=O)N1CCCN(c2cc(Cl)nc(C)n2)CC1. The molecule has 1 aromatic rings. The van der Waals surface area contributed by atoms with Gasteiger partial charge in [-0.25, -0.2) is 9.97 Å². The Kier molecular flexibility index (Phi) is 4.01. The molecule has 2 heterocycles. The van der Waals surface area contributed by atoms with Crippen molar-refractivity contribution < 1.29 is 4.79 Å². The fourth-order valence-corrected chi connectivity index (χ4v) is 2.36. The second-order valence-electron chi connectivity index (χ2n) is 4.44. The minimum Gasteiger partial charge on any atom is -0.355 e. The monoisotopic (exact) mass is 268 g/mol. The molecule has 2 rings (SSSR count). The van der Waals surface area contributed by atoms with Gasteiger partial charge in [0.25, 0.3) is 0 Å². The van der Waals surface area contributed by atoms with Crippen LogP contribution in [0.1, 0.15) is 19.2 Å². The van der Waals surface area contributed by atoms with Gasteiger partial charge in [0.1, 0.15) is 16.8 Å². The molecular formula is C12H17ClN4O. The topological polar surface area (TPSA) is 49.3 Å². The summed E-state index contributed by atoms with van der Waals surface area (Å²) < 4.78 is 0. The van der Waals surface area contributed by atoms with Crippen molar-refractivity contribution in [3.8, 4) is 0 Å². The molecule has 0 aliphatic carbocycles. The summed E-state index contributed by atoms with van der Waals surface area (Å²) in [6.07, 6.45) is 0.945. The van der Waals surface area contributed by atoms with Crippen molar-refractivity contribution in [2.75, 3.05) is 31.1 Å². The lowest BCUT2D eigenvalue weighted by Crippen LogP contribution is -2.33. The van der Waals surface area contributed by atoms with Crippen LogP contribution in [0.2, 0.25) is 5.15 Å². The van der Waals surface area contributed by atoms with E-state index in [9.17, 15) is 4.79 Å². The summed E-state index contributed by atoms with van der Waals surface area (Å²) in [6, 6.07) is 1.78. The van der Waals surface area contributed by atoms with Gasteiger partial charge in [-0.3, -0.25) is 4.79 Å². The molecule has 98 valence electrons. The second-order valence-corrected chi connectivity index (χ2v) is 4.83. The summed E-state index contributed by atoms with van der Waals surface area (Å²) in [5.74, 6) is 1.65. The highest BCUT2D eigenvalue weighted by Crippen LogP contribution is 2.17. The zero-order valence-electron chi connectivity index (χ0n) is 10.7. The van der Waals surface area contributed by atoms with Gasteiger partial charge in [-0.1, -0.05) is 11.6 Å². The average Bonchev–Trinajstić information content (AvgIpc) is 2.52. The summed E-state index contributed by atoms with van der Waals surface area (Å²) in [7, 11) is 0. The molecule has 0 unspecified atom stereocenters. The number of carbonyl (C=O) groups is 1. The van der Waals surface area contributed by atoms with Crippen molar-refractivity contribution in [2.24, 2.45) is 0 Å². The highest BCUT2D eigenvalue weighted by molar-refractivity contribution is 6.29. The number of carbonyl (C=O) groups excluding carboxylic acids is 1. The molecule has 18 heavy (non-hydrogen) atoms. The van der Waals surface area contributed by atoms with Gasteiger partial charge in [0.05, 0.1) is 0 Å². The van der Waals surface area contributed by atoms with E-state index < -0.39 is 0 Å². The van der Waals surface area contributed by atoms with Crippen LogP contribution < -0.4 is 4.90 Å². The summed E-state index contributed by atoms with van der Waals surface area (Å²) in [5.41, 5.74) is 0. The molecule has 0 N–H and O–H groups in total. The fraction of sp³-hybridized carbons (Fsp3) is 0.583. The third-order valence-electron chi connectivity index (χ3n) is 3.06. The summed E-state index contributed by atoms with van der Waals surface area (Å²) in [4.78, 5) is 23.8. The van der Waals surface area contributed by atoms with Crippen molar-refractivity contribution in [3.63, 3.8) is 0 Å². The Morgan fingerprint density at radius 2 is 2.06 bits per heavy atom. The van der Waals surface area contributed by atoms with E-state index >= 15 is 0 Å². The smallest absolute Gasteiger partial charge is 0.219 e. The van der Waals surface area contributed by atoms with Crippen LogP contribution in [-0.4, -0.2) is 47.0 Å². The molecule has 0 spiro atoms. The van der Waals surface area contributed by atoms with Crippen molar-refractivity contribution in [1.29, 1.82) is 0 Å². The van der Waals surface area contributed by atoms with Crippen molar-refractivity contribution in [1.82, 2.24) is 14.9 Å². The van der Waals surface area contributed by atoms with E-state index in [2.05, 4.69) is 14.9 Å². The summed E-state index contributed by atoms with van der Waals surface area (Å²) >= 11 is 5.95. The third kappa shape index (κ3) is 3.10. The number of anilines is 1. The predicted octanol–water partition coefficient (Wildman–Crippen LogP) is 1.50. The van der Waals surface area contributed by atoms with E-state index in [1.54, 1.807) is 13.0 Å². The van der Waals surface area contributed by atoms with Crippen LogP contribution in [0.4, 0.5) is 5.82 Å². The number of amides is 1. The molecule has 6 heteroatoms. The summed E-state index contributed by atoms with van der Waals surface area (Å²) in [5, 5.41) is 0.463. The van der Waals surface area contributed by atoms with Gasteiger partial charge in [-0.2, -0.15) is 0 Å². The Morgan fingerprint density at radius 1 is 1.28 bits per heavy atom. The molecule has 1 saturated heterocycles. The maximum absolute atomic E-state index is 11.4. The number of rotatable bonds is 1. The highest BCUT2D eigenvalue weighted by Gasteiger charge is 2.18. The first kappa shape index (κ1) is 13.1. The normalized spacial score (nSPS) is 16.6. The second kappa shape index (κ2) is 5.52. The quantitative estimate of drug-likeness (QED) is 0.725. The predicted molar refractivity (Wildman–Crippen MR) is 70.9 cm³/mol. The first-order valence-corrected chi connectivity index (χ1v) is 6.45. The lowest BCUT2D eigenvalue weighted by Gasteiger charge is -2.22. The van der Waals surface area contributed by atoms with Gasteiger partial charge in [0.15, 0.2) is 0 Å². The van der Waals surface area contributed by atoms with Crippen molar-refractivity contribution in [3.05, 3.63) is 17.0 Å². The van der Waals surface area contributed by atoms with Crippen LogP contribution in [0, 0.1) is 6.92 Å². The highest BCUT2D eigenvalue weighted by atomic mass is 35.5. The fourth-order valence-electron chi connectivity index (χ4n) is 2.14. The molecule has 0 aromatic carbocycles. The van der Waals surface area contributed by atoms with E-state index in [4.69, 9.17) is 11.6 Å². The Bertz CT molecular complexity index is 431. The zero-order chi connectivity index (χ0) is 13.1. The molecule has 1 aromatic heterocycles. The molecule has 1 aliphatic heterocycles. The van der Waals surface area contributed by atoms with Crippen LogP contribution >= 0.6 is 11.6 Å². The van der Waals surface area contributed by atoms with Crippen LogP contribution in [-0.2, 0) is 4.79 Å². The van der Waals surface area contributed by atoms with Crippen molar-refractivity contribution in [2.45, 2.75) is 20.3 Å². The lowest BCUT2D eigenvalue weighted by atomic mass is 10.3. The van der Waals surface area contributed by atoms with E-state index in [-0.39, 0.29) is 5.91 Å². The minimum atomic E-state index is 0.133. The number of aromatic nitrogens is 2. The molecule has 0 radical (unpaired) electrons. The van der Waals surface area contributed by atoms with E-state index in [1.165, 1.54) is 0 Å². The third-order valence-corrected chi connectivity index (χ3v) is 3.25. The van der Waals surface area contributed by atoms with Gasteiger partial charge >= 0.3 is 0 Å². The van der Waals surface area contributed by atoms with Crippen LogP contribution in [0.5, 0.6) is 0 Å². The minimum absolute atomic E-state index is 0.133. The van der Waals surface area contributed by atoms with Gasteiger partial charge in [-0.05, 0) is 13.3 Å². The first-order chi connectivity index (χ1) is 8.56. The number of hydrogen-bond acceptors (Lipinski definition) is 4. The largest absolute Gasteiger partial charge is 0.355 e. The number of hydrogen-bond donors (Lipinski definition) is 0. The molecule has 5 nitrogen and oxygen atoms in total. The van der Waals surface area contributed by atoms with Crippen molar-refractivity contribution >= 4 is 23.3 Å². The Hall–Kier alpha value is -1.36. The van der Waals surface area contributed by atoms with E-state index in [0.717, 1.165) is 38.4 Å². The Labute approximate surface area is 112 Å². The van der Waals surface area contributed by atoms with Gasteiger partial charge < -0.3 is 9.80 Å². The lowest BCUT2D eigenvalue weighted by molar-refractivity contribution is -0.128. The van der Waals surface area contributed by atoms with E-state index in [0.29, 0.717) is 11.0 Å². The number of halogens is 1. The first-order valence-electron chi connectivity index (χ1n) is 6.08. The standard InChI is InChI=1S/C12H17ClN4O/c1-9-14-11(13)8-12(15-9)17-5-3-4-16(6-7-17)10(2)18/h8H,3-7H2,1-2H3. The maximum atomic E-state index is 11.4. The Balaban J connectivity index is 2.12. The molecular weight excluding hydrogens is 252 g/mol. The zero-order valence-corrected chi connectivity index (χ0v) is 11.4. The van der Waals surface area contributed by atoms with Crippen LogP contribution in [0.15, 0.2) is 6.07 Å². The molecule has 1 amide bonds. The van der Waals surface area contributed by atoms with Gasteiger partial charge in [-0.15, -0.1) is 0 Å². The molecule has 0 saturated carbocycles. The van der Waals surface area contributed by atoms with Gasteiger partial charge in [0.2, 0.25) is 5.91 Å². The molecule has 0 atom stereocenters. The summed E-state index contributed by atoms with van der Waals surface area (Å²) in [6.45, 7) is 6.65. The van der Waals surface area contributed by atoms with Crippen LogP contribution in [0.3, 0.4) is 0 Å².